The van der Waals surface area contributed by atoms with Crippen LogP contribution in [0.1, 0.15) is 42.9 Å². The number of carbonyl (C=O) groups is 2. The van der Waals surface area contributed by atoms with Gasteiger partial charge in [0, 0.05) is 24.5 Å². The molecule has 5 heteroatoms. The zero-order valence-corrected chi connectivity index (χ0v) is 20.5. The maximum absolute atomic E-state index is 13.6. The van der Waals surface area contributed by atoms with Crippen LogP contribution in [0, 0.1) is 0 Å². The Morgan fingerprint density at radius 3 is 2.06 bits per heavy atom. The Morgan fingerprint density at radius 1 is 0.824 bits per heavy atom. The smallest absolute Gasteiger partial charge is 0.243 e. The van der Waals surface area contributed by atoms with Crippen molar-refractivity contribution < 1.29 is 9.59 Å². The molecule has 3 aromatic rings. The minimum Gasteiger partial charge on any atom is -0.354 e. The number of nitrogens with zero attached hydrogens (tertiary/aromatic N) is 1. The molecule has 0 spiro atoms. The number of carbonyl (C=O) groups excluding carboxylic acids is 2. The molecular formula is C29H33ClN2O2. The third-order valence-corrected chi connectivity index (χ3v) is 6.07. The first kappa shape index (κ1) is 25.5. The molecule has 2 amide bonds. The zero-order chi connectivity index (χ0) is 24.2. The maximum Gasteiger partial charge on any atom is 0.243 e. The van der Waals surface area contributed by atoms with E-state index in [1.54, 1.807) is 17.0 Å². The van der Waals surface area contributed by atoms with Crippen LogP contribution in [0.5, 0.6) is 0 Å². The number of halogens is 1. The van der Waals surface area contributed by atoms with Gasteiger partial charge in [-0.25, -0.2) is 0 Å². The lowest BCUT2D eigenvalue weighted by Crippen LogP contribution is -2.51. The second kappa shape index (κ2) is 13.6. The summed E-state index contributed by atoms with van der Waals surface area (Å²) in [7, 11) is 0. The summed E-state index contributed by atoms with van der Waals surface area (Å²) in [5, 5.41) is 3.71. The van der Waals surface area contributed by atoms with Gasteiger partial charge in [0.05, 0.1) is 6.42 Å². The van der Waals surface area contributed by atoms with E-state index in [0.717, 1.165) is 36.0 Å². The number of hydrogen-bond acceptors (Lipinski definition) is 2. The summed E-state index contributed by atoms with van der Waals surface area (Å²) >= 11 is 6.02. The van der Waals surface area contributed by atoms with Gasteiger partial charge in [0.15, 0.2) is 0 Å². The molecule has 0 aliphatic rings. The minimum absolute atomic E-state index is 0.0872. The van der Waals surface area contributed by atoms with Crippen LogP contribution >= 0.6 is 11.6 Å². The van der Waals surface area contributed by atoms with E-state index in [-0.39, 0.29) is 18.2 Å². The van der Waals surface area contributed by atoms with Crippen molar-refractivity contribution in [2.45, 2.75) is 51.6 Å². The third-order valence-electron chi connectivity index (χ3n) is 5.82. The van der Waals surface area contributed by atoms with Gasteiger partial charge < -0.3 is 10.2 Å². The van der Waals surface area contributed by atoms with Crippen molar-refractivity contribution >= 4 is 23.4 Å². The average Bonchev–Trinajstić information content (AvgIpc) is 2.86. The third kappa shape index (κ3) is 8.03. The molecule has 1 atom stereocenters. The van der Waals surface area contributed by atoms with E-state index < -0.39 is 6.04 Å². The Bertz CT molecular complexity index is 1020. The van der Waals surface area contributed by atoms with E-state index in [9.17, 15) is 9.59 Å². The number of rotatable bonds is 12. The first-order valence-electron chi connectivity index (χ1n) is 12.0. The molecule has 0 saturated heterocycles. The van der Waals surface area contributed by atoms with Crippen LogP contribution < -0.4 is 5.32 Å². The van der Waals surface area contributed by atoms with Crippen molar-refractivity contribution in [2.24, 2.45) is 0 Å². The van der Waals surface area contributed by atoms with Crippen molar-refractivity contribution in [1.29, 1.82) is 0 Å². The molecule has 0 unspecified atom stereocenters. The SMILES string of the molecule is CCCCCNC(=O)[C@H](Cc1ccccc1)N(Cc1ccccc1)C(=O)Cc1ccc(Cl)cc1. The van der Waals surface area contributed by atoms with E-state index in [0.29, 0.717) is 24.5 Å². The Hall–Kier alpha value is -3.11. The standard InChI is InChI=1S/C29H33ClN2O2/c1-2-3-10-19-31-29(34)27(20-23-11-6-4-7-12-23)32(22-25-13-8-5-9-14-25)28(33)21-24-15-17-26(30)18-16-24/h4-9,11-18,27H,2-3,10,19-22H2,1H3,(H,31,34)/t27-/m0/s1. The molecule has 0 aliphatic heterocycles. The summed E-state index contributed by atoms with van der Waals surface area (Å²) in [6, 6.07) is 26.4. The molecule has 178 valence electrons. The van der Waals surface area contributed by atoms with E-state index in [4.69, 9.17) is 11.6 Å². The van der Waals surface area contributed by atoms with Gasteiger partial charge in [-0.2, -0.15) is 0 Å². The van der Waals surface area contributed by atoms with Crippen LogP contribution in [-0.2, 0) is 29.0 Å². The number of hydrogen-bond donors (Lipinski definition) is 1. The fourth-order valence-electron chi connectivity index (χ4n) is 3.92. The monoisotopic (exact) mass is 476 g/mol. The molecule has 4 nitrogen and oxygen atoms in total. The summed E-state index contributed by atoms with van der Waals surface area (Å²) in [6.45, 7) is 3.12. The zero-order valence-electron chi connectivity index (χ0n) is 19.8. The van der Waals surface area contributed by atoms with Gasteiger partial charge in [0.25, 0.3) is 0 Å². The summed E-state index contributed by atoms with van der Waals surface area (Å²) in [5.41, 5.74) is 2.88. The van der Waals surface area contributed by atoms with Gasteiger partial charge in [-0.1, -0.05) is 104 Å². The first-order chi connectivity index (χ1) is 16.6. The highest BCUT2D eigenvalue weighted by Crippen LogP contribution is 2.17. The lowest BCUT2D eigenvalue weighted by molar-refractivity contribution is -0.140. The molecule has 0 bridgehead atoms. The molecule has 0 radical (unpaired) electrons. The molecule has 0 aliphatic carbocycles. The van der Waals surface area contributed by atoms with Crippen LogP contribution in [0.2, 0.25) is 5.02 Å². The normalized spacial score (nSPS) is 11.6. The Morgan fingerprint density at radius 2 is 1.44 bits per heavy atom. The quantitative estimate of drug-likeness (QED) is 0.334. The minimum atomic E-state index is -0.607. The Kier molecular flexibility index (Phi) is 10.2. The Balaban J connectivity index is 1.88. The van der Waals surface area contributed by atoms with Gasteiger partial charge in [0.2, 0.25) is 11.8 Å². The fraction of sp³-hybridized carbons (Fsp3) is 0.310. The molecule has 34 heavy (non-hydrogen) atoms. The van der Waals surface area contributed by atoms with Crippen LogP contribution in [-0.4, -0.2) is 29.3 Å². The topological polar surface area (TPSA) is 49.4 Å². The maximum atomic E-state index is 13.6. The van der Waals surface area contributed by atoms with E-state index >= 15 is 0 Å². The van der Waals surface area contributed by atoms with E-state index in [1.165, 1.54) is 0 Å². The lowest BCUT2D eigenvalue weighted by atomic mass is 10.0. The fourth-order valence-corrected chi connectivity index (χ4v) is 4.04. The largest absolute Gasteiger partial charge is 0.354 e. The second-order valence-corrected chi connectivity index (χ2v) is 8.95. The van der Waals surface area contributed by atoms with Crippen LogP contribution in [0.4, 0.5) is 0 Å². The number of unbranched alkanes of at least 4 members (excludes halogenated alkanes) is 2. The van der Waals surface area contributed by atoms with Crippen LogP contribution in [0.3, 0.4) is 0 Å². The lowest BCUT2D eigenvalue weighted by Gasteiger charge is -2.31. The summed E-state index contributed by atoms with van der Waals surface area (Å²) < 4.78 is 0. The molecule has 1 N–H and O–H groups in total. The van der Waals surface area contributed by atoms with E-state index in [2.05, 4.69) is 12.2 Å². The molecule has 0 aromatic heterocycles. The Labute approximate surface area is 207 Å². The molecule has 0 fully saturated rings. The van der Waals surface area contributed by atoms with Crippen LogP contribution in [0.25, 0.3) is 0 Å². The number of amides is 2. The van der Waals surface area contributed by atoms with Crippen molar-refractivity contribution in [3.63, 3.8) is 0 Å². The average molecular weight is 477 g/mol. The van der Waals surface area contributed by atoms with Crippen molar-refractivity contribution in [3.05, 3.63) is 107 Å². The highest BCUT2D eigenvalue weighted by Gasteiger charge is 2.30. The van der Waals surface area contributed by atoms with Gasteiger partial charge in [-0.05, 0) is 35.2 Å². The van der Waals surface area contributed by atoms with Gasteiger partial charge in [0.1, 0.15) is 6.04 Å². The molecule has 3 rings (SSSR count). The highest BCUT2D eigenvalue weighted by molar-refractivity contribution is 6.30. The van der Waals surface area contributed by atoms with Crippen molar-refractivity contribution in [3.8, 4) is 0 Å². The van der Waals surface area contributed by atoms with Crippen molar-refractivity contribution in [2.75, 3.05) is 6.54 Å². The van der Waals surface area contributed by atoms with E-state index in [1.807, 2.05) is 72.8 Å². The van der Waals surface area contributed by atoms with Gasteiger partial charge in [-0.3, -0.25) is 9.59 Å². The molecule has 3 aromatic carbocycles. The second-order valence-electron chi connectivity index (χ2n) is 8.51. The summed E-state index contributed by atoms with van der Waals surface area (Å²) in [5.74, 6) is -0.198. The first-order valence-corrected chi connectivity index (χ1v) is 12.3. The van der Waals surface area contributed by atoms with Crippen LogP contribution in [0.15, 0.2) is 84.9 Å². The van der Waals surface area contributed by atoms with Gasteiger partial charge in [-0.15, -0.1) is 0 Å². The summed E-state index contributed by atoms with van der Waals surface area (Å²) in [6.07, 6.45) is 3.74. The number of benzene rings is 3. The predicted octanol–water partition coefficient (Wildman–Crippen LogP) is 5.83. The highest BCUT2D eigenvalue weighted by atomic mass is 35.5. The number of nitrogens with one attached hydrogen (secondary N) is 1. The predicted molar refractivity (Wildman–Crippen MR) is 139 cm³/mol. The molecular weight excluding hydrogens is 444 g/mol. The summed E-state index contributed by atoms with van der Waals surface area (Å²) in [4.78, 5) is 28.8. The van der Waals surface area contributed by atoms with Crippen molar-refractivity contribution in [1.82, 2.24) is 10.2 Å². The molecule has 0 saturated carbocycles. The molecule has 0 heterocycles. The van der Waals surface area contributed by atoms with Gasteiger partial charge >= 0.3 is 0 Å².